The summed E-state index contributed by atoms with van der Waals surface area (Å²) in [5, 5.41) is 2.92. The van der Waals surface area contributed by atoms with E-state index in [4.69, 9.17) is 0 Å². The number of hydrogen-bond acceptors (Lipinski definition) is 3. The molecule has 2 N–H and O–H groups in total. The molecule has 1 atom stereocenters. The number of amides is 4. The van der Waals surface area contributed by atoms with Crippen LogP contribution in [0, 0.1) is 5.92 Å². The van der Waals surface area contributed by atoms with Crippen molar-refractivity contribution in [1.29, 1.82) is 0 Å². The van der Waals surface area contributed by atoms with Crippen molar-refractivity contribution in [2.24, 2.45) is 5.92 Å². The molecule has 0 bridgehead atoms. The highest BCUT2D eigenvalue weighted by Gasteiger charge is 2.68. The molecule has 0 radical (unpaired) electrons. The van der Waals surface area contributed by atoms with E-state index in [9.17, 15) is 40.7 Å². The van der Waals surface area contributed by atoms with Gasteiger partial charge < -0.3 is 5.32 Å². The van der Waals surface area contributed by atoms with Crippen molar-refractivity contribution in [1.82, 2.24) is 15.5 Å². The number of carbonyl (C=O) groups is 3. The second kappa shape index (κ2) is 8.04. The Labute approximate surface area is 173 Å². The molecule has 31 heavy (non-hydrogen) atoms. The van der Waals surface area contributed by atoms with E-state index >= 15 is 0 Å². The predicted octanol–water partition coefficient (Wildman–Crippen LogP) is 3.83. The van der Waals surface area contributed by atoms with E-state index < -0.39 is 47.0 Å². The van der Waals surface area contributed by atoms with Gasteiger partial charge in [0.25, 0.3) is 17.5 Å². The highest BCUT2D eigenvalue weighted by molar-refractivity contribution is 6.10. The van der Waals surface area contributed by atoms with Crippen molar-refractivity contribution >= 4 is 17.8 Å². The molecule has 1 aromatic rings. The van der Waals surface area contributed by atoms with Crippen LogP contribution in [0.5, 0.6) is 0 Å². The third-order valence-electron chi connectivity index (χ3n) is 5.45. The molecule has 1 heterocycles. The minimum Gasteiger partial charge on any atom is -0.314 e. The summed E-state index contributed by atoms with van der Waals surface area (Å²) in [5.41, 5.74) is -5.75. The summed E-state index contributed by atoms with van der Waals surface area (Å²) in [6, 6.07) is 1.40. The smallest absolute Gasteiger partial charge is 0.314 e. The minimum absolute atomic E-state index is 0.161. The number of imide groups is 1. The SMILES string of the molecule is O=C(N[C@]1(C(F)(F)F)NC(=O)N(CC2CCCCC2)C1=O)c1cccc(C(F)(F)F)c1. The van der Waals surface area contributed by atoms with Gasteiger partial charge >= 0.3 is 18.4 Å². The van der Waals surface area contributed by atoms with Crippen LogP contribution in [-0.4, -0.2) is 41.1 Å². The predicted molar refractivity (Wildman–Crippen MR) is 94.5 cm³/mol. The van der Waals surface area contributed by atoms with Gasteiger partial charge in [0.15, 0.2) is 0 Å². The normalized spacial score (nSPS) is 23.1. The monoisotopic (exact) mass is 451 g/mol. The summed E-state index contributed by atoms with van der Waals surface area (Å²) < 4.78 is 80.2. The first-order valence-corrected chi connectivity index (χ1v) is 9.56. The zero-order valence-electron chi connectivity index (χ0n) is 16.1. The van der Waals surface area contributed by atoms with Gasteiger partial charge in [-0.2, -0.15) is 26.3 Å². The fraction of sp³-hybridized carbons (Fsp3) is 0.526. The van der Waals surface area contributed by atoms with Gasteiger partial charge in [-0.05, 0) is 37.0 Å². The van der Waals surface area contributed by atoms with Crippen LogP contribution in [0.3, 0.4) is 0 Å². The number of urea groups is 1. The Morgan fingerprint density at radius 1 is 1.10 bits per heavy atom. The first-order valence-electron chi connectivity index (χ1n) is 9.56. The van der Waals surface area contributed by atoms with Crippen molar-refractivity contribution < 1.29 is 40.7 Å². The van der Waals surface area contributed by atoms with Crippen molar-refractivity contribution in [3.05, 3.63) is 35.4 Å². The molecule has 4 amide bonds. The zero-order chi connectivity index (χ0) is 23.0. The van der Waals surface area contributed by atoms with Crippen LogP contribution in [0.1, 0.15) is 48.0 Å². The summed E-state index contributed by atoms with van der Waals surface area (Å²) >= 11 is 0. The van der Waals surface area contributed by atoms with Crippen LogP contribution < -0.4 is 10.6 Å². The topological polar surface area (TPSA) is 78.5 Å². The zero-order valence-corrected chi connectivity index (χ0v) is 16.1. The van der Waals surface area contributed by atoms with Gasteiger partial charge in [0.05, 0.1) is 5.56 Å². The summed E-state index contributed by atoms with van der Waals surface area (Å²) in [5.74, 6) is -3.46. The van der Waals surface area contributed by atoms with Crippen LogP contribution in [0.4, 0.5) is 31.1 Å². The second-order valence-corrected chi connectivity index (χ2v) is 7.63. The molecule has 12 heteroatoms. The minimum atomic E-state index is -5.43. The van der Waals surface area contributed by atoms with Gasteiger partial charge in [-0.15, -0.1) is 0 Å². The number of alkyl halides is 6. The molecule has 0 spiro atoms. The first kappa shape index (κ1) is 22.9. The number of rotatable bonds is 4. The highest BCUT2D eigenvalue weighted by atomic mass is 19.4. The Morgan fingerprint density at radius 2 is 1.74 bits per heavy atom. The van der Waals surface area contributed by atoms with Crippen LogP contribution in [-0.2, 0) is 11.0 Å². The standard InChI is InChI=1S/C19H19F6N3O3/c20-18(21,22)13-8-4-7-12(9-13)14(29)26-17(19(23,24)25)15(30)28(16(31)27-17)10-11-5-2-1-3-6-11/h4,7-9,11H,1-3,5-6,10H2,(H,26,29)(H,27,31)/t17-/m0/s1. The average molecular weight is 451 g/mol. The van der Waals surface area contributed by atoms with Crippen molar-refractivity contribution in [2.75, 3.05) is 6.54 Å². The van der Waals surface area contributed by atoms with Crippen molar-refractivity contribution in [2.45, 2.75) is 50.1 Å². The second-order valence-electron chi connectivity index (χ2n) is 7.63. The van der Waals surface area contributed by atoms with Crippen molar-refractivity contribution in [3.8, 4) is 0 Å². The molecule has 1 saturated carbocycles. The Morgan fingerprint density at radius 3 is 2.32 bits per heavy atom. The quantitative estimate of drug-likeness (QED) is 0.540. The largest absolute Gasteiger partial charge is 0.440 e. The molecule has 3 rings (SSSR count). The molecule has 1 aliphatic carbocycles. The summed E-state index contributed by atoms with van der Waals surface area (Å²) in [4.78, 5) is 37.7. The van der Waals surface area contributed by atoms with E-state index in [0.717, 1.165) is 31.4 Å². The lowest BCUT2D eigenvalue weighted by atomic mass is 9.89. The van der Waals surface area contributed by atoms with E-state index in [-0.39, 0.29) is 12.5 Å². The number of nitrogens with one attached hydrogen (secondary N) is 2. The first-order chi connectivity index (χ1) is 14.3. The van der Waals surface area contributed by atoms with E-state index in [1.54, 1.807) is 0 Å². The number of halogens is 6. The number of carbonyl (C=O) groups excluding carboxylic acids is 3. The average Bonchev–Trinajstić information content (AvgIpc) is 2.93. The van der Waals surface area contributed by atoms with E-state index in [2.05, 4.69) is 0 Å². The van der Waals surface area contributed by atoms with Crippen molar-refractivity contribution in [3.63, 3.8) is 0 Å². The molecular formula is C19H19F6N3O3. The maximum absolute atomic E-state index is 13.9. The van der Waals surface area contributed by atoms with Gasteiger partial charge in [-0.1, -0.05) is 25.3 Å². The Bertz CT molecular complexity index is 879. The molecular weight excluding hydrogens is 432 g/mol. The van der Waals surface area contributed by atoms with E-state index in [1.165, 1.54) is 10.6 Å². The summed E-state index contributed by atoms with van der Waals surface area (Å²) in [6.07, 6.45) is -6.36. The molecule has 6 nitrogen and oxygen atoms in total. The maximum Gasteiger partial charge on any atom is 0.440 e. The Hall–Kier alpha value is -2.79. The lowest BCUT2D eigenvalue weighted by Gasteiger charge is -2.30. The highest BCUT2D eigenvalue weighted by Crippen LogP contribution is 2.36. The van der Waals surface area contributed by atoms with Crippen LogP contribution in [0.2, 0.25) is 0 Å². The third kappa shape index (κ3) is 4.47. The van der Waals surface area contributed by atoms with Gasteiger partial charge in [-0.3, -0.25) is 19.8 Å². The Kier molecular flexibility index (Phi) is 5.94. The molecule has 2 aliphatic rings. The molecule has 1 aromatic carbocycles. The molecule has 0 aromatic heterocycles. The number of nitrogens with zero attached hydrogens (tertiary/aromatic N) is 1. The van der Waals surface area contributed by atoms with Crippen LogP contribution >= 0.6 is 0 Å². The van der Waals surface area contributed by atoms with Crippen LogP contribution in [0.15, 0.2) is 24.3 Å². The van der Waals surface area contributed by atoms with Gasteiger partial charge in [0.2, 0.25) is 0 Å². The maximum atomic E-state index is 13.9. The Balaban J connectivity index is 1.87. The molecule has 1 saturated heterocycles. The molecule has 170 valence electrons. The molecule has 0 unspecified atom stereocenters. The van der Waals surface area contributed by atoms with Gasteiger partial charge in [0, 0.05) is 12.1 Å². The van der Waals surface area contributed by atoms with E-state index in [0.29, 0.717) is 29.9 Å². The third-order valence-corrected chi connectivity index (χ3v) is 5.45. The number of hydrogen-bond donors (Lipinski definition) is 2. The fourth-order valence-corrected chi connectivity index (χ4v) is 3.80. The lowest BCUT2D eigenvalue weighted by molar-refractivity contribution is -0.200. The molecule has 2 fully saturated rings. The van der Waals surface area contributed by atoms with Gasteiger partial charge in [0.1, 0.15) is 0 Å². The van der Waals surface area contributed by atoms with E-state index in [1.807, 2.05) is 0 Å². The summed E-state index contributed by atoms with van der Waals surface area (Å²) in [7, 11) is 0. The summed E-state index contributed by atoms with van der Waals surface area (Å²) in [6.45, 7) is -0.234. The van der Waals surface area contributed by atoms with Crippen LogP contribution in [0.25, 0.3) is 0 Å². The lowest BCUT2D eigenvalue weighted by Crippen LogP contribution is -2.69. The van der Waals surface area contributed by atoms with Gasteiger partial charge in [-0.25, -0.2) is 4.79 Å². The molecule has 1 aliphatic heterocycles. The number of benzene rings is 1. The fourth-order valence-electron chi connectivity index (χ4n) is 3.80.